The summed E-state index contributed by atoms with van der Waals surface area (Å²) in [5, 5.41) is 4.16. The van der Waals surface area contributed by atoms with Crippen LogP contribution < -0.4 is 0 Å². The van der Waals surface area contributed by atoms with Gasteiger partial charge in [-0.2, -0.15) is 5.10 Å². The van der Waals surface area contributed by atoms with Gasteiger partial charge in [-0.05, 0) is 25.3 Å². The molecule has 1 aromatic heterocycles. The number of nitrogens with zero attached hydrogens (tertiary/aromatic N) is 2. The normalized spacial score (nSPS) is 22.5. The van der Waals surface area contributed by atoms with E-state index in [2.05, 4.69) is 5.10 Å². The minimum atomic E-state index is -2.45. The lowest BCUT2D eigenvalue weighted by molar-refractivity contribution is -0.0449. The first kappa shape index (κ1) is 9.62. The second-order valence-electron chi connectivity index (χ2n) is 4.08. The summed E-state index contributed by atoms with van der Waals surface area (Å²) >= 11 is 0. The number of aryl methyl sites for hydroxylation is 1. The maximum atomic E-state index is 12.9. The molecule has 0 spiro atoms. The van der Waals surface area contributed by atoms with E-state index in [0.717, 1.165) is 5.56 Å². The Balaban J connectivity index is 2.02. The predicted octanol–water partition coefficient (Wildman–Crippen LogP) is 2.94. The largest absolute Gasteiger partial charge is 0.269 e. The first-order valence-corrected chi connectivity index (χ1v) is 4.95. The van der Waals surface area contributed by atoms with E-state index in [1.54, 1.807) is 6.20 Å². The maximum Gasteiger partial charge on any atom is 0.248 e. The van der Waals surface area contributed by atoms with Gasteiger partial charge in [0.1, 0.15) is 0 Å². The van der Waals surface area contributed by atoms with E-state index in [-0.39, 0.29) is 18.9 Å². The Morgan fingerprint density at radius 2 is 2.07 bits per heavy atom. The fourth-order valence-corrected chi connectivity index (χ4v) is 1.92. The van der Waals surface area contributed by atoms with Crippen LogP contribution in [0.25, 0.3) is 0 Å². The fourth-order valence-electron chi connectivity index (χ4n) is 1.92. The number of aromatic nitrogens is 2. The van der Waals surface area contributed by atoms with Crippen molar-refractivity contribution >= 4 is 0 Å². The summed E-state index contributed by atoms with van der Waals surface area (Å²) in [5.74, 6) is -2.45. The minimum Gasteiger partial charge on any atom is -0.269 e. The molecule has 1 heterocycles. The Bertz CT molecular complexity index is 310. The highest BCUT2D eigenvalue weighted by atomic mass is 19.3. The van der Waals surface area contributed by atoms with Crippen LogP contribution in [0.5, 0.6) is 0 Å². The summed E-state index contributed by atoms with van der Waals surface area (Å²) in [7, 11) is 0. The highest BCUT2D eigenvalue weighted by molar-refractivity contribution is 5.01. The molecule has 0 amide bonds. The van der Waals surface area contributed by atoms with Gasteiger partial charge in [0, 0.05) is 19.0 Å². The van der Waals surface area contributed by atoms with E-state index >= 15 is 0 Å². The molecule has 2 rings (SSSR count). The number of halogens is 2. The van der Waals surface area contributed by atoms with Crippen molar-refractivity contribution in [3.05, 3.63) is 18.0 Å². The highest BCUT2D eigenvalue weighted by Gasteiger charge is 2.35. The third-order valence-electron chi connectivity index (χ3n) is 2.79. The quantitative estimate of drug-likeness (QED) is 0.681. The molecule has 4 heteroatoms. The molecule has 0 aliphatic heterocycles. The Labute approximate surface area is 81.9 Å². The van der Waals surface area contributed by atoms with Crippen LogP contribution >= 0.6 is 0 Å². The number of hydrogen-bond donors (Lipinski definition) is 0. The third kappa shape index (κ3) is 1.94. The van der Waals surface area contributed by atoms with Crippen molar-refractivity contribution in [3.8, 4) is 0 Å². The number of rotatable bonds is 1. The highest BCUT2D eigenvalue weighted by Crippen LogP contribution is 2.37. The van der Waals surface area contributed by atoms with Gasteiger partial charge < -0.3 is 0 Å². The van der Waals surface area contributed by atoms with Crippen LogP contribution in [0.1, 0.15) is 37.3 Å². The van der Waals surface area contributed by atoms with E-state index in [9.17, 15) is 8.78 Å². The monoisotopic (exact) mass is 200 g/mol. The molecule has 0 radical (unpaired) electrons. The van der Waals surface area contributed by atoms with Crippen LogP contribution in [-0.2, 0) is 0 Å². The molecule has 78 valence electrons. The van der Waals surface area contributed by atoms with Gasteiger partial charge in [0.2, 0.25) is 5.92 Å². The lowest BCUT2D eigenvalue weighted by atomic mass is 9.92. The van der Waals surface area contributed by atoms with Gasteiger partial charge in [0.15, 0.2) is 0 Å². The molecule has 1 aliphatic carbocycles. The smallest absolute Gasteiger partial charge is 0.248 e. The van der Waals surface area contributed by atoms with Crippen LogP contribution in [-0.4, -0.2) is 15.7 Å². The summed E-state index contributed by atoms with van der Waals surface area (Å²) in [6, 6.07) is 0.170. The molecular weight excluding hydrogens is 186 g/mol. The second-order valence-corrected chi connectivity index (χ2v) is 4.08. The molecule has 1 aliphatic rings. The molecule has 0 bridgehead atoms. The first-order chi connectivity index (χ1) is 6.57. The lowest BCUT2D eigenvalue weighted by Crippen LogP contribution is -2.26. The Morgan fingerprint density at radius 3 is 2.57 bits per heavy atom. The van der Waals surface area contributed by atoms with Gasteiger partial charge in [-0.15, -0.1) is 0 Å². The fraction of sp³-hybridized carbons (Fsp3) is 0.700. The zero-order chi connectivity index (χ0) is 10.2. The summed E-state index contributed by atoms with van der Waals surface area (Å²) in [4.78, 5) is 0. The van der Waals surface area contributed by atoms with Gasteiger partial charge in [-0.1, -0.05) is 0 Å². The van der Waals surface area contributed by atoms with Crippen LogP contribution in [0, 0.1) is 6.92 Å². The van der Waals surface area contributed by atoms with E-state index < -0.39 is 5.92 Å². The summed E-state index contributed by atoms with van der Waals surface area (Å²) in [5.41, 5.74) is 1.09. The Kier molecular flexibility index (Phi) is 2.29. The SMILES string of the molecule is Cc1cnn(C2CCC(F)(F)CC2)c1. The van der Waals surface area contributed by atoms with Crippen molar-refractivity contribution < 1.29 is 8.78 Å². The molecule has 0 saturated heterocycles. The topological polar surface area (TPSA) is 17.8 Å². The predicted molar refractivity (Wildman–Crippen MR) is 49.4 cm³/mol. The Hall–Kier alpha value is -0.930. The lowest BCUT2D eigenvalue weighted by Gasteiger charge is -2.28. The standard InChI is InChI=1S/C10H14F2N2/c1-8-6-13-14(7-8)9-2-4-10(11,12)5-3-9/h6-7,9H,2-5H2,1H3. The molecular formula is C10H14F2N2. The van der Waals surface area contributed by atoms with Crippen LogP contribution in [0.3, 0.4) is 0 Å². The van der Waals surface area contributed by atoms with Gasteiger partial charge in [0.25, 0.3) is 0 Å². The second kappa shape index (κ2) is 3.33. The zero-order valence-corrected chi connectivity index (χ0v) is 8.21. The van der Waals surface area contributed by atoms with Gasteiger partial charge in [0.05, 0.1) is 12.2 Å². The van der Waals surface area contributed by atoms with Crippen molar-refractivity contribution in [2.45, 2.75) is 44.6 Å². The average molecular weight is 200 g/mol. The van der Waals surface area contributed by atoms with Crippen LogP contribution in [0.2, 0.25) is 0 Å². The zero-order valence-electron chi connectivity index (χ0n) is 8.21. The molecule has 14 heavy (non-hydrogen) atoms. The van der Waals surface area contributed by atoms with Crippen molar-refractivity contribution in [2.24, 2.45) is 0 Å². The van der Waals surface area contributed by atoms with E-state index in [1.807, 2.05) is 17.8 Å². The first-order valence-electron chi connectivity index (χ1n) is 4.95. The average Bonchev–Trinajstić information content (AvgIpc) is 2.52. The van der Waals surface area contributed by atoms with Gasteiger partial charge in [-0.25, -0.2) is 8.78 Å². The minimum absolute atomic E-state index is 0.00340. The van der Waals surface area contributed by atoms with Gasteiger partial charge in [-0.3, -0.25) is 4.68 Å². The van der Waals surface area contributed by atoms with Crippen LogP contribution in [0.4, 0.5) is 8.78 Å². The molecule has 0 atom stereocenters. The van der Waals surface area contributed by atoms with E-state index in [0.29, 0.717) is 12.8 Å². The maximum absolute atomic E-state index is 12.9. The third-order valence-corrected chi connectivity index (χ3v) is 2.79. The summed E-state index contributed by atoms with van der Waals surface area (Å²) in [6.07, 6.45) is 4.76. The molecule has 1 saturated carbocycles. The van der Waals surface area contributed by atoms with Crippen molar-refractivity contribution in [1.82, 2.24) is 9.78 Å². The van der Waals surface area contributed by atoms with Crippen LogP contribution in [0.15, 0.2) is 12.4 Å². The Morgan fingerprint density at radius 1 is 1.43 bits per heavy atom. The van der Waals surface area contributed by atoms with Crippen molar-refractivity contribution in [1.29, 1.82) is 0 Å². The molecule has 0 aromatic carbocycles. The van der Waals surface area contributed by atoms with E-state index in [1.165, 1.54) is 0 Å². The van der Waals surface area contributed by atoms with Crippen molar-refractivity contribution in [3.63, 3.8) is 0 Å². The molecule has 0 N–H and O–H groups in total. The summed E-state index contributed by atoms with van der Waals surface area (Å²) in [6.45, 7) is 1.96. The number of alkyl halides is 2. The van der Waals surface area contributed by atoms with Gasteiger partial charge >= 0.3 is 0 Å². The molecule has 1 aromatic rings. The van der Waals surface area contributed by atoms with Crippen molar-refractivity contribution in [2.75, 3.05) is 0 Å². The molecule has 1 fully saturated rings. The van der Waals surface area contributed by atoms with E-state index in [4.69, 9.17) is 0 Å². The molecule has 2 nitrogen and oxygen atoms in total. The summed E-state index contributed by atoms with van der Waals surface area (Å²) < 4.78 is 27.6. The number of hydrogen-bond acceptors (Lipinski definition) is 1. The molecule has 0 unspecified atom stereocenters.